The van der Waals surface area contributed by atoms with Gasteiger partial charge in [-0.25, -0.2) is 0 Å². The van der Waals surface area contributed by atoms with Crippen molar-refractivity contribution in [3.63, 3.8) is 0 Å². The summed E-state index contributed by atoms with van der Waals surface area (Å²) in [6, 6.07) is 0.518. The van der Waals surface area contributed by atoms with E-state index >= 15 is 0 Å². The zero-order chi connectivity index (χ0) is 14.4. The molecule has 0 saturated heterocycles. The van der Waals surface area contributed by atoms with E-state index in [0.717, 1.165) is 25.1 Å². The predicted molar refractivity (Wildman–Crippen MR) is 77.1 cm³/mol. The number of nitrogens with zero attached hydrogens (tertiary/aromatic N) is 2. The molecule has 0 radical (unpaired) electrons. The van der Waals surface area contributed by atoms with Gasteiger partial charge in [-0.15, -0.1) is 0 Å². The molecule has 1 aromatic heterocycles. The Balaban J connectivity index is 2.37. The molecule has 1 aromatic rings. The van der Waals surface area contributed by atoms with Gasteiger partial charge in [0.2, 0.25) is 0 Å². The maximum Gasteiger partial charge on any atom is 0.273 e. The number of nitrogens with one attached hydrogen (secondary N) is 2. The van der Waals surface area contributed by atoms with Crippen LogP contribution in [0.4, 0.5) is 5.69 Å². The number of carbonyl (C=O) groups is 1. The fraction of sp³-hybridized carbons (Fsp3) is 0.692. The molecule has 6 heteroatoms. The highest BCUT2D eigenvalue weighted by Crippen LogP contribution is 2.13. The maximum atomic E-state index is 11.9. The van der Waals surface area contributed by atoms with Crippen LogP contribution in [0.15, 0.2) is 0 Å². The zero-order valence-electron chi connectivity index (χ0n) is 12.3. The second kappa shape index (κ2) is 7.13. The van der Waals surface area contributed by atoms with Crippen molar-refractivity contribution < 1.29 is 4.79 Å². The molecule has 0 aliphatic carbocycles. The number of hydrogen-bond acceptors (Lipinski definition) is 4. The van der Waals surface area contributed by atoms with Crippen LogP contribution in [0.2, 0.25) is 0 Å². The first-order chi connectivity index (χ1) is 8.97. The molecule has 1 amide bonds. The quantitative estimate of drug-likeness (QED) is 0.644. The smallest absolute Gasteiger partial charge is 0.273 e. The second-order valence-corrected chi connectivity index (χ2v) is 5.00. The molecule has 0 atom stereocenters. The summed E-state index contributed by atoms with van der Waals surface area (Å²) in [4.78, 5) is 14.1. The number of H-pyrrole nitrogens is 1. The van der Waals surface area contributed by atoms with Gasteiger partial charge >= 0.3 is 0 Å². The summed E-state index contributed by atoms with van der Waals surface area (Å²) in [5, 5.41) is 9.58. The summed E-state index contributed by atoms with van der Waals surface area (Å²) in [5.41, 5.74) is 7.41. The van der Waals surface area contributed by atoms with E-state index in [0.29, 0.717) is 24.0 Å². The number of carbonyl (C=O) groups excluding carboxylic acids is 1. The molecule has 4 N–H and O–H groups in total. The minimum atomic E-state index is -0.208. The van der Waals surface area contributed by atoms with Gasteiger partial charge in [-0.3, -0.25) is 9.89 Å². The molecule has 0 aliphatic heterocycles. The third-order valence-electron chi connectivity index (χ3n) is 3.31. The predicted octanol–water partition coefficient (Wildman–Crippen LogP) is 1.01. The standard InChI is InChI=1S/C13H25N5O/c1-5-10-11(14)12(17-16-10)13(19)15-7-6-8-18(4)9(2)3/h9H,5-8,14H2,1-4H3,(H,15,19)(H,16,17). The number of aromatic nitrogens is 2. The Morgan fingerprint density at radius 2 is 2.21 bits per heavy atom. The van der Waals surface area contributed by atoms with E-state index in [4.69, 9.17) is 5.73 Å². The van der Waals surface area contributed by atoms with E-state index in [1.54, 1.807) is 0 Å². The Morgan fingerprint density at radius 1 is 1.53 bits per heavy atom. The minimum Gasteiger partial charge on any atom is -0.395 e. The van der Waals surface area contributed by atoms with Crippen LogP contribution in [0.3, 0.4) is 0 Å². The monoisotopic (exact) mass is 267 g/mol. The lowest BCUT2D eigenvalue weighted by molar-refractivity contribution is 0.0947. The van der Waals surface area contributed by atoms with Gasteiger partial charge in [0.25, 0.3) is 5.91 Å². The van der Waals surface area contributed by atoms with Gasteiger partial charge in [0, 0.05) is 12.6 Å². The van der Waals surface area contributed by atoms with Gasteiger partial charge in [-0.05, 0) is 40.3 Å². The van der Waals surface area contributed by atoms with E-state index in [2.05, 4.69) is 41.3 Å². The summed E-state index contributed by atoms with van der Waals surface area (Å²) in [5.74, 6) is -0.208. The number of aromatic amines is 1. The molecule has 0 saturated carbocycles. The number of anilines is 1. The largest absolute Gasteiger partial charge is 0.395 e. The molecule has 0 fully saturated rings. The highest BCUT2D eigenvalue weighted by Gasteiger charge is 2.15. The molecular formula is C13H25N5O. The highest BCUT2D eigenvalue weighted by molar-refractivity contribution is 5.97. The Morgan fingerprint density at radius 3 is 2.74 bits per heavy atom. The Kier molecular flexibility index (Phi) is 5.82. The first-order valence-electron chi connectivity index (χ1n) is 6.78. The fourth-order valence-electron chi connectivity index (χ4n) is 1.70. The molecule has 0 unspecified atom stereocenters. The molecule has 0 aromatic carbocycles. The van der Waals surface area contributed by atoms with E-state index < -0.39 is 0 Å². The summed E-state index contributed by atoms with van der Waals surface area (Å²) in [7, 11) is 2.08. The number of amides is 1. The Bertz CT molecular complexity index is 413. The van der Waals surface area contributed by atoms with Crippen molar-refractivity contribution in [2.24, 2.45) is 0 Å². The second-order valence-electron chi connectivity index (χ2n) is 5.00. The highest BCUT2D eigenvalue weighted by atomic mass is 16.1. The average molecular weight is 267 g/mol. The van der Waals surface area contributed by atoms with E-state index in [1.807, 2.05) is 6.92 Å². The molecule has 1 rings (SSSR count). The van der Waals surface area contributed by atoms with Gasteiger partial charge in [-0.2, -0.15) is 5.10 Å². The summed E-state index contributed by atoms with van der Waals surface area (Å²) in [6.07, 6.45) is 1.65. The number of hydrogen-bond donors (Lipinski definition) is 3. The fourth-order valence-corrected chi connectivity index (χ4v) is 1.70. The van der Waals surface area contributed by atoms with Crippen molar-refractivity contribution in [2.45, 2.75) is 39.7 Å². The van der Waals surface area contributed by atoms with Gasteiger partial charge < -0.3 is 16.0 Å². The third kappa shape index (κ3) is 4.24. The maximum absolute atomic E-state index is 11.9. The SMILES string of the molecule is CCc1[nH]nc(C(=O)NCCCN(C)C(C)C)c1N. The van der Waals surface area contributed by atoms with Crippen molar-refractivity contribution in [3.05, 3.63) is 11.4 Å². The summed E-state index contributed by atoms with van der Waals surface area (Å²) < 4.78 is 0. The van der Waals surface area contributed by atoms with Crippen LogP contribution in [0.5, 0.6) is 0 Å². The van der Waals surface area contributed by atoms with E-state index in [1.165, 1.54) is 0 Å². The van der Waals surface area contributed by atoms with Crippen molar-refractivity contribution in [2.75, 3.05) is 25.9 Å². The topological polar surface area (TPSA) is 87.0 Å². The molecule has 19 heavy (non-hydrogen) atoms. The van der Waals surface area contributed by atoms with Crippen molar-refractivity contribution in [1.29, 1.82) is 0 Å². The molecule has 0 bridgehead atoms. The van der Waals surface area contributed by atoms with Crippen LogP contribution in [-0.4, -0.2) is 47.2 Å². The van der Waals surface area contributed by atoms with Gasteiger partial charge in [0.15, 0.2) is 5.69 Å². The number of aryl methyl sites for hydroxylation is 1. The van der Waals surface area contributed by atoms with Gasteiger partial charge in [0.1, 0.15) is 0 Å². The number of rotatable bonds is 7. The minimum absolute atomic E-state index is 0.208. The molecule has 1 heterocycles. The van der Waals surface area contributed by atoms with E-state index in [9.17, 15) is 4.79 Å². The lowest BCUT2D eigenvalue weighted by Crippen LogP contribution is -2.31. The van der Waals surface area contributed by atoms with Gasteiger partial charge in [0.05, 0.1) is 11.4 Å². The van der Waals surface area contributed by atoms with Crippen LogP contribution in [0, 0.1) is 0 Å². The van der Waals surface area contributed by atoms with Crippen LogP contribution < -0.4 is 11.1 Å². The van der Waals surface area contributed by atoms with Crippen molar-refractivity contribution in [1.82, 2.24) is 20.4 Å². The lowest BCUT2D eigenvalue weighted by Gasteiger charge is -2.20. The van der Waals surface area contributed by atoms with Gasteiger partial charge in [-0.1, -0.05) is 6.92 Å². The normalized spacial score (nSPS) is 11.3. The van der Waals surface area contributed by atoms with Crippen LogP contribution >= 0.6 is 0 Å². The molecular weight excluding hydrogens is 242 g/mol. The molecule has 108 valence electrons. The summed E-state index contributed by atoms with van der Waals surface area (Å²) in [6.45, 7) is 7.84. The Hall–Kier alpha value is -1.56. The van der Waals surface area contributed by atoms with E-state index in [-0.39, 0.29) is 5.91 Å². The van der Waals surface area contributed by atoms with Crippen LogP contribution in [-0.2, 0) is 6.42 Å². The van der Waals surface area contributed by atoms with Crippen molar-refractivity contribution in [3.8, 4) is 0 Å². The summed E-state index contributed by atoms with van der Waals surface area (Å²) >= 11 is 0. The first kappa shape index (κ1) is 15.5. The van der Waals surface area contributed by atoms with Crippen LogP contribution in [0.1, 0.15) is 43.4 Å². The number of nitrogen functional groups attached to an aromatic ring is 1. The average Bonchev–Trinajstić information content (AvgIpc) is 2.75. The van der Waals surface area contributed by atoms with Crippen molar-refractivity contribution >= 4 is 11.6 Å². The molecule has 6 nitrogen and oxygen atoms in total. The Labute approximate surface area is 114 Å². The third-order valence-corrected chi connectivity index (χ3v) is 3.31. The lowest BCUT2D eigenvalue weighted by atomic mass is 10.2. The number of nitrogens with two attached hydrogens (primary N) is 1. The molecule has 0 aliphatic rings. The molecule has 0 spiro atoms. The van der Waals surface area contributed by atoms with Crippen LogP contribution in [0.25, 0.3) is 0 Å². The zero-order valence-corrected chi connectivity index (χ0v) is 12.3. The first-order valence-corrected chi connectivity index (χ1v) is 6.78.